The fourth-order valence-electron chi connectivity index (χ4n) is 1.98. The summed E-state index contributed by atoms with van der Waals surface area (Å²) in [5.74, 6) is 0.938. The Morgan fingerprint density at radius 1 is 0.870 bits per heavy atom. The lowest BCUT2D eigenvalue weighted by Crippen LogP contribution is -2.12. The molecule has 0 aromatic heterocycles. The minimum absolute atomic E-state index is 0.0918. The number of hydrogen-bond donors (Lipinski definition) is 0. The van der Waals surface area contributed by atoms with Crippen LogP contribution in [-0.4, -0.2) is 38.0 Å². The largest absolute Gasteiger partial charge is 0.381 e. The minimum atomic E-state index is 0.0918. The highest BCUT2D eigenvalue weighted by Gasteiger charge is 2.06. The molecule has 0 saturated heterocycles. The molecule has 0 radical (unpaired) electrons. The molecule has 0 rings (SSSR count). The van der Waals surface area contributed by atoms with Crippen LogP contribution in [0.4, 0.5) is 0 Å². The fourth-order valence-corrected chi connectivity index (χ4v) is 1.98. The monoisotopic (exact) mass is 324 g/mol. The van der Waals surface area contributed by atoms with Crippen LogP contribution in [0.3, 0.4) is 0 Å². The van der Waals surface area contributed by atoms with E-state index in [1.165, 1.54) is 12.2 Å². The molecule has 0 fully saturated rings. The van der Waals surface area contributed by atoms with Gasteiger partial charge in [-0.05, 0) is 43.3 Å². The van der Waals surface area contributed by atoms with Crippen LogP contribution in [0.25, 0.3) is 0 Å². The van der Waals surface area contributed by atoms with E-state index in [1.54, 1.807) is 0 Å². The number of hydrogen-bond acceptors (Lipinski definition) is 4. The summed E-state index contributed by atoms with van der Waals surface area (Å²) in [7, 11) is 0. The molecule has 2 atom stereocenters. The summed E-state index contributed by atoms with van der Waals surface area (Å²) in [6.45, 7) is 13.8. The Hall–Kier alpha value is -1.26. The van der Waals surface area contributed by atoms with Crippen LogP contribution in [0.15, 0.2) is 25.3 Å². The van der Waals surface area contributed by atoms with Gasteiger partial charge >= 0.3 is 0 Å². The highest BCUT2D eigenvalue weighted by atomic mass is 16.5. The first-order chi connectivity index (χ1) is 11.0. The van der Waals surface area contributed by atoms with Crippen molar-refractivity contribution < 1.29 is 19.1 Å². The van der Waals surface area contributed by atoms with E-state index >= 15 is 0 Å². The number of rotatable bonds is 16. The Kier molecular flexibility index (Phi) is 13.6. The van der Waals surface area contributed by atoms with E-state index < -0.39 is 0 Å². The SMILES string of the molecule is C=CC(=O)CCC(C)COCCCOCC(C)CCC(=O)C=C. The van der Waals surface area contributed by atoms with Crippen molar-refractivity contribution in [2.24, 2.45) is 11.8 Å². The van der Waals surface area contributed by atoms with Crippen molar-refractivity contribution in [3.05, 3.63) is 25.3 Å². The average molecular weight is 324 g/mol. The maximum atomic E-state index is 11.1. The van der Waals surface area contributed by atoms with Gasteiger partial charge in [-0.15, -0.1) is 0 Å². The van der Waals surface area contributed by atoms with Crippen molar-refractivity contribution in [2.75, 3.05) is 26.4 Å². The van der Waals surface area contributed by atoms with E-state index in [1.807, 2.05) is 0 Å². The molecule has 2 unspecified atom stereocenters. The van der Waals surface area contributed by atoms with Crippen molar-refractivity contribution in [3.8, 4) is 0 Å². The van der Waals surface area contributed by atoms with E-state index in [2.05, 4.69) is 27.0 Å². The van der Waals surface area contributed by atoms with E-state index in [0.29, 0.717) is 51.1 Å². The summed E-state index contributed by atoms with van der Waals surface area (Å²) >= 11 is 0. The quantitative estimate of drug-likeness (QED) is 0.320. The molecule has 0 amide bonds. The molecule has 4 nitrogen and oxygen atoms in total. The molecule has 0 aliphatic heterocycles. The zero-order valence-corrected chi connectivity index (χ0v) is 14.7. The number of allylic oxidation sites excluding steroid dienone is 2. The normalized spacial score (nSPS) is 13.3. The molecular weight excluding hydrogens is 292 g/mol. The second-order valence-electron chi connectivity index (χ2n) is 6.13. The predicted octanol–water partition coefficient (Wildman–Crippen LogP) is 3.75. The van der Waals surface area contributed by atoms with Crippen molar-refractivity contribution in [1.82, 2.24) is 0 Å². The van der Waals surface area contributed by atoms with Gasteiger partial charge in [0.2, 0.25) is 0 Å². The first-order valence-electron chi connectivity index (χ1n) is 8.45. The van der Waals surface area contributed by atoms with Crippen molar-refractivity contribution >= 4 is 11.6 Å². The Morgan fingerprint density at radius 3 is 1.61 bits per heavy atom. The van der Waals surface area contributed by atoms with Crippen LogP contribution < -0.4 is 0 Å². The summed E-state index contributed by atoms with van der Waals surface area (Å²) in [6, 6.07) is 0. The van der Waals surface area contributed by atoms with Crippen molar-refractivity contribution in [2.45, 2.75) is 46.0 Å². The Balaban J connectivity index is 3.41. The van der Waals surface area contributed by atoms with Gasteiger partial charge in [-0.1, -0.05) is 27.0 Å². The van der Waals surface area contributed by atoms with Crippen LogP contribution in [0.5, 0.6) is 0 Å². The molecule has 0 N–H and O–H groups in total. The lowest BCUT2D eigenvalue weighted by atomic mass is 10.0. The lowest BCUT2D eigenvalue weighted by Gasteiger charge is -2.13. The van der Waals surface area contributed by atoms with Gasteiger partial charge in [-0.2, -0.15) is 0 Å². The average Bonchev–Trinajstić information content (AvgIpc) is 2.56. The standard InChI is InChI=1S/C19H32O4/c1-5-18(20)10-8-16(3)14-22-12-7-13-23-15-17(4)9-11-19(21)6-2/h5-6,16-17H,1-2,7-15H2,3-4H3. The number of ether oxygens (including phenoxy) is 2. The summed E-state index contributed by atoms with van der Waals surface area (Å²) in [5.41, 5.74) is 0. The zero-order valence-electron chi connectivity index (χ0n) is 14.7. The molecule has 4 heteroatoms. The Morgan fingerprint density at radius 2 is 1.26 bits per heavy atom. The Labute approximate surface area is 140 Å². The van der Waals surface area contributed by atoms with Gasteiger partial charge < -0.3 is 9.47 Å². The van der Waals surface area contributed by atoms with E-state index in [9.17, 15) is 9.59 Å². The molecule has 132 valence electrons. The van der Waals surface area contributed by atoms with E-state index in [-0.39, 0.29) is 11.6 Å². The fraction of sp³-hybridized carbons (Fsp3) is 0.684. The van der Waals surface area contributed by atoms with E-state index in [4.69, 9.17) is 9.47 Å². The maximum Gasteiger partial charge on any atom is 0.155 e. The molecule has 0 aromatic carbocycles. The number of carbonyl (C=O) groups is 2. The van der Waals surface area contributed by atoms with Crippen LogP contribution >= 0.6 is 0 Å². The second-order valence-corrected chi connectivity index (χ2v) is 6.13. The third-order valence-electron chi connectivity index (χ3n) is 3.60. The van der Waals surface area contributed by atoms with Crippen LogP contribution in [0, 0.1) is 11.8 Å². The minimum Gasteiger partial charge on any atom is -0.381 e. The third-order valence-corrected chi connectivity index (χ3v) is 3.60. The zero-order chi connectivity index (χ0) is 17.5. The van der Waals surface area contributed by atoms with Crippen molar-refractivity contribution in [1.29, 1.82) is 0 Å². The van der Waals surface area contributed by atoms with Gasteiger partial charge in [0.25, 0.3) is 0 Å². The van der Waals surface area contributed by atoms with Gasteiger partial charge in [0.1, 0.15) is 0 Å². The lowest BCUT2D eigenvalue weighted by molar-refractivity contribution is -0.115. The molecule has 0 aliphatic carbocycles. The topological polar surface area (TPSA) is 52.6 Å². The van der Waals surface area contributed by atoms with Gasteiger partial charge in [0, 0.05) is 39.3 Å². The van der Waals surface area contributed by atoms with E-state index in [0.717, 1.165) is 19.3 Å². The van der Waals surface area contributed by atoms with Gasteiger partial charge in [-0.3, -0.25) is 9.59 Å². The first-order valence-corrected chi connectivity index (χ1v) is 8.45. The summed E-state index contributed by atoms with van der Waals surface area (Å²) in [4.78, 5) is 22.2. The second kappa shape index (κ2) is 14.3. The van der Waals surface area contributed by atoms with Crippen molar-refractivity contribution in [3.63, 3.8) is 0 Å². The van der Waals surface area contributed by atoms with Crippen LogP contribution in [0.2, 0.25) is 0 Å². The smallest absolute Gasteiger partial charge is 0.155 e. The summed E-state index contributed by atoms with van der Waals surface area (Å²) in [6.07, 6.45) is 6.37. The maximum absolute atomic E-state index is 11.1. The molecular formula is C19H32O4. The highest BCUT2D eigenvalue weighted by molar-refractivity contribution is 5.89. The molecule has 0 aliphatic rings. The number of carbonyl (C=O) groups excluding carboxylic acids is 2. The summed E-state index contributed by atoms with van der Waals surface area (Å²) in [5, 5.41) is 0. The third kappa shape index (κ3) is 14.1. The van der Waals surface area contributed by atoms with Gasteiger partial charge in [0.15, 0.2) is 11.6 Å². The molecule has 0 saturated carbocycles. The van der Waals surface area contributed by atoms with Crippen LogP contribution in [-0.2, 0) is 19.1 Å². The first kappa shape index (κ1) is 21.7. The highest BCUT2D eigenvalue weighted by Crippen LogP contribution is 2.08. The van der Waals surface area contributed by atoms with Gasteiger partial charge in [-0.25, -0.2) is 0 Å². The molecule has 0 bridgehead atoms. The Bertz CT molecular complexity index is 328. The van der Waals surface area contributed by atoms with Crippen LogP contribution in [0.1, 0.15) is 46.0 Å². The summed E-state index contributed by atoms with van der Waals surface area (Å²) < 4.78 is 11.2. The molecule has 0 heterocycles. The number of ketones is 2. The van der Waals surface area contributed by atoms with Gasteiger partial charge in [0.05, 0.1) is 0 Å². The predicted molar refractivity (Wildman–Crippen MR) is 93.5 cm³/mol. The molecule has 0 aromatic rings. The molecule has 0 spiro atoms. The molecule has 23 heavy (non-hydrogen) atoms.